The number of phenols is 1. The van der Waals surface area contributed by atoms with Crippen molar-refractivity contribution in [3.05, 3.63) is 23.8 Å². The van der Waals surface area contributed by atoms with Crippen LogP contribution in [0, 0.1) is 0 Å². The molecule has 0 aliphatic carbocycles. The van der Waals surface area contributed by atoms with Gasteiger partial charge in [0.15, 0.2) is 17.3 Å². The molecular weight excluding hydrogens is 276 g/mol. The average molecular weight is 294 g/mol. The number of hydrogen-bond donors (Lipinski definition) is 1. The maximum atomic E-state index is 11.7. The van der Waals surface area contributed by atoms with E-state index in [0.717, 1.165) is 6.08 Å². The van der Waals surface area contributed by atoms with Crippen molar-refractivity contribution in [2.45, 2.75) is 13.8 Å². The van der Waals surface area contributed by atoms with Gasteiger partial charge in [-0.3, -0.25) is 4.79 Å². The zero-order chi connectivity index (χ0) is 16.0. The number of phenolic OH excluding ortho intramolecular Hbond substituents is 1. The van der Waals surface area contributed by atoms with Crippen molar-refractivity contribution in [3.8, 4) is 17.2 Å². The van der Waals surface area contributed by atoms with E-state index in [0.29, 0.717) is 5.56 Å². The molecule has 0 aromatic heterocycles. The molecule has 1 N–H and O–H groups in total. The number of methoxy groups -OCH3 is 2. The van der Waals surface area contributed by atoms with Crippen LogP contribution in [0.15, 0.2) is 18.2 Å². The maximum absolute atomic E-state index is 11.7. The molecule has 0 saturated carbocycles. The molecule has 0 atom stereocenters. The molecule has 114 valence electrons. The third kappa shape index (κ3) is 3.98. The van der Waals surface area contributed by atoms with E-state index in [1.807, 2.05) is 0 Å². The Morgan fingerprint density at radius 2 is 1.71 bits per heavy atom. The number of allylic oxidation sites excluding steroid dienone is 1. The SMILES string of the molecule is CCOC(=O)C=C(C(C)=O)c1cc(OC)c(O)c(OC)c1. The molecule has 0 aliphatic rings. The largest absolute Gasteiger partial charge is 0.502 e. The summed E-state index contributed by atoms with van der Waals surface area (Å²) in [4.78, 5) is 23.3. The summed E-state index contributed by atoms with van der Waals surface area (Å²) >= 11 is 0. The number of ether oxygens (including phenoxy) is 3. The summed E-state index contributed by atoms with van der Waals surface area (Å²) < 4.78 is 14.9. The van der Waals surface area contributed by atoms with Gasteiger partial charge in [-0.2, -0.15) is 0 Å². The molecule has 0 aliphatic heterocycles. The van der Waals surface area contributed by atoms with Crippen LogP contribution >= 0.6 is 0 Å². The first-order valence-corrected chi connectivity index (χ1v) is 6.29. The molecule has 0 bridgehead atoms. The first kappa shape index (κ1) is 16.6. The van der Waals surface area contributed by atoms with Crippen molar-refractivity contribution in [1.29, 1.82) is 0 Å². The Labute approximate surface area is 122 Å². The molecule has 0 radical (unpaired) electrons. The lowest BCUT2D eigenvalue weighted by atomic mass is 10.0. The van der Waals surface area contributed by atoms with Gasteiger partial charge in [0.05, 0.1) is 20.8 Å². The van der Waals surface area contributed by atoms with E-state index < -0.39 is 5.97 Å². The number of rotatable bonds is 6. The highest BCUT2D eigenvalue weighted by Crippen LogP contribution is 2.39. The molecule has 0 spiro atoms. The lowest BCUT2D eigenvalue weighted by Gasteiger charge is -2.12. The van der Waals surface area contributed by atoms with E-state index in [1.54, 1.807) is 6.92 Å². The number of Topliss-reactive ketones (excluding diaryl/α,β-unsaturated/α-hetero) is 1. The minimum atomic E-state index is -0.617. The quantitative estimate of drug-likeness (QED) is 0.638. The fraction of sp³-hybridized carbons (Fsp3) is 0.333. The van der Waals surface area contributed by atoms with Crippen LogP contribution < -0.4 is 9.47 Å². The molecule has 1 rings (SSSR count). The predicted molar refractivity (Wildman–Crippen MR) is 76.5 cm³/mol. The Morgan fingerprint density at radius 3 is 2.10 bits per heavy atom. The molecule has 0 heterocycles. The number of esters is 1. The number of hydrogen-bond acceptors (Lipinski definition) is 6. The Kier molecular flexibility index (Phi) is 5.78. The van der Waals surface area contributed by atoms with Crippen molar-refractivity contribution in [2.24, 2.45) is 0 Å². The highest BCUT2D eigenvalue weighted by molar-refractivity contribution is 6.23. The van der Waals surface area contributed by atoms with Crippen LogP contribution in [0.25, 0.3) is 5.57 Å². The van der Waals surface area contributed by atoms with Crippen LogP contribution in [0.3, 0.4) is 0 Å². The fourth-order valence-electron chi connectivity index (χ4n) is 1.74. The second-order valence-electron chi connectivity index (χ2n) is 4.10. The van der Waals surface area contributed by atoms with E-state index >= 15 is 0 Å². The summed E-state index contributed by atoms with van der Waals surface area (Å²) in [7, 11) is 2.75. The Morgan fingerprint density at radius 1 is 1.19 bits per heavy atom. The zero-order valence-corrected chi connectivity index (χ0v) is 12.4. The van der Waals surface area contributed by atoms with Crippen LogP contribution in [0.5, 0.6) is 17.2 Å². The number of carbonyl (C=O) groups is 2. The van der Waals surface area contributed by atoms with Crippen LogP contribution in [0.1, 0.15) is 19.4 Å². The van der Waals surface area contributed by atoms with Gasteiger partial charge in [0, 0.05) is 11.6 Å². The first-order chi connectivity index (χ1) is 9.94. The predicted octanol–water partition coefficient (Wildman–Crippen LogP) is 1.94. The minimum absolute atomic E-state index is 0.139. The van der Waals surface area contributed by atoms with E-state index in [4.69, 9.17) is 14.2 Å². The van der Waals surface area contributed by atoms with E-state index in [1.165, 1.54) is 33.3 Å². The molecule has 6 heteroatoms. The van der Waals surface area contributed by atoms with Crippen LogP contribution in [-0.2, 0) is 14.3 Å². The number of benzene rings is 1. The summed E-state index contributed by atoms with van der Waals surface area (Å²) in [5.41, 5.74) is 0.534. The van der Waals surface area contributed by atoms with Gasteiger partial charge in [-0.25, -0.2) is 4.79 Å². The van der Waals surface area contributed by atoms with Gasteiger partial charge in [0.25, 0.3) is 0 Å². The topological polar surface area (TPSA) is 82.1 Å². The van der Waals surface area contributed by atoms with E-state index in [-0.39, 0.29) is 35.2 Å². The molecule has 0 amide bonds. The van der Waals surface area contributed by atoms with Crippen molar-refractivity contribution < 1.29 is 28.9 Å². The molecule has 1 aromatic carbocycles. The molecule has 21 heavy (non-hydrogen) atoms. The highest BCUT2D eigenvalue weighted by Gasteiger charge is 2.17. The van der Waals surface area contributed by atoms with Gasteiger partial charge in [0.1, 0.15) is 0 Å². The minimum Gasteiger partial charge on any atom is -0.502 e. The summed E-state index contributed by atoms with van der Waals surface area (Å²) in [5, 5.41) is 9.85. The van der Waals surface area contributed by atoms with Gasteiger partial charge in [-0.1, -0.05) is 0 Å². The average Bonchev–Trinajstić information content (AvgIpc) is 2.45. The molecule has 0 saturated heterocycles. The Balaban J connectivity index is 3.39. The summed E-state index contributed by atoms with van der Waals surface area (Å²) in [6.07, 6.45) is 1.11. The second-order valence-corrected chi connectivity index (χ2v) is 4.10. The lowest BCUT2D eigenvalue weighted by Crippen LogP contribution is -2.05. The highest BCUT2D eigenvalue weighted by atomic mass is 16.5. The van der Waals surface area contributed by atoms with Crippen LogP contribution in [-0.4, -0.2) is 37.7 Å². The lowest BCUT2D eigenvalue weighted by molar-refractivity contribution is -0.137. The van der Waals surface area contributed by atoms with Gasteiger partial charge >= 0.3 is 5.97 Å². The summed E-state index contributed by atoms with van der Waals surface area (Å²) in [6, 6.07) is 2.90. The van der Waals surface area contributed by atoms with Crippen LogP contribution in [0.4, 0.5) is 0 Å². The molecule has 0 unspecified atom stereocenters. The van der Waals surface area contributed by atoms with E-state index in [9.17, 15) is 14.7 Å². The van der Waals surface area contributed by atoms with Crippen LogP contribution in [0.2, 0.25) is 0 Å². The van der Waals surface area contributed by atoms with Gasteiger partial charge in [-0.05, 0) is 31.5 Å². The molecule has 1 aromatic rings. The Bertz CT molecular complexity index is 549. The maximum Gasteiger partial charge on any atom is 0.331 e. The van der Waals surface area contributed by atoms with Crippen molar-refractivity contribution >= 4 is 17.3 Å². The normalized spacial score (nSPS) is 11.0. The van der Waals surface area contributed by atoms with Crippen molar-refractivity contribution in [1.82, 2.24) is 0 Å². The standard InChI is InChI=1S/C15H18O6/c1-5-21-14(17)8-11(9(2)16)10-6-12(19-3)15(18)13(7-10)20-4/h6-8,18H,5H2,1-4H3. The summed E-state index contributed by atoms with van der Waals surface area (Å²) in [5.74, 6) is -0.838. The smallest absolute Gasteiger partial charge is 0.331 e. The monoisotopic (exact) mass is 294 g/mol. The third-order valence-corrected chi connectivity index (χ3v) is 2.72. The third-order valence-electron chi connectivity index (χ3n) is 2.72. The molecule has 0 fully saturated rings. The number of ketones is 1. The molecule has 6 nitrogen and oxygen atoms in total. The second kappa shape index (κ2) is 7.33. The first-order valence-electron chi connectivity index (χ1n) is 6.29. The Hall–Kier alpha value is -2.50. The van der Waals surface area contributed by atoms with Crippen molar-refractivity contribution in [3.63, 3.8) is 0 Å². The summed E-state index contributed by atoms with van der Waals surface area (Å²) in [6.45, 7) is 3.21. The van der Waals surface area contributed by atoms with E-state index in [2.05, 4.69) is 0 Å². The molecular formula is C15H18O6. The fourth-order valence-corrected chi connectivity index (χ4v) is 1.74. The zero-order valence-electron chi connectivity index (χ0n) is 12.4. The number of carbonyl (C=O) groups excluding carboxylic acids is 2. The number of aromatic hydroxyl groups is 1. The van der Waals surface area contributed by atoms with Gasteiger partial charge in [-0.15, -0.1) is 0 Å². The van der Waals surface area contributed by atoms with Gasteiger partial charge < -0.3 is 19.3 Å². The van der Waals surface area contributed by atoms with Gasteiger partial charge in [0.2, 0.25) is 5.75 Å². The van der Waals surface area contributed by atoms with Crippen molar-refractivity contribution in [2.75, 3.05) is 20.8 Å².